The molecule has 0 fully saturated rings. The number of benzene rings is 1. The van der Waals surface area contributed by atoms with E-state index in [1.54, 1.807) is 12.4 Å². The fourth-order valence-corrected chi connectivity index (χ4v) is 2.40. The number of pyridine rings is 1. The van der Waals surface area contributed by atoms with Crippen molar-refractivity contribution >= 4 is 17.0 Å². The van der Waals surface area contributed by atoms with Crippen LogP contribution in [-0.4, -0.2) is 25.6 Å². The third-order valence-corrected chi connectivity index (χ3v) is 3.39. The van der Waals surface area contributed by atoms with E-state index in [2.05, 4.69) is 9.97 Å². The third-order valence-electron chi connectivity index (χ3n) is 3.39. The Balaban J connectivity index is 1.99. The summed E-state index contributed by atoms with van der Waals surface area (Å²) in [5.41, 5.74) is 2.98. The Hall–Kier alpha value is -2.69. The molecule has 0 bridgehead atoms. The number of para-hydroxylation sites is 2. The summed E-state index contributed by atoms with van der Waals surface area (Å²) in [6.07, 6.45) is 4.25. The number of aromatic nitrogens is 3. The van der Waals surface area contributed by atoms with Gasteiger partial charge >= 0.3 is 5.97 Å². The van der Waals surface area contributed by atoms with Gasteiger partial charge in [0.05, 0.1) is 17.5 Å². The number of nitrogens with zero attached hydrogens (tertiary/aromatic N) is 3. The van der Waals surface area contributed by atoms with Crippen molar-refractivity contribution in [2.45, 2.75) is 19.4 Å². The molecule has 3 rings (SSSR count). The number of carbonyl (C=O) groups is 1. The molecule has 0 aliphatic rings. The van der Waals surface area contributed by atoms with E-state index in [0.29, 0.717) is 13.0 Å². The molecule has 2 aromatic heterocycles. The predicted molar refractivity (Wildman–Crippen MR) is 79.0 cm³/mol. The quantitative estimate of drug-likeness (QED) is 0.780. The number of aliphatic carboxylic acids is 1. The van der Waals surface area contributed by atoms with Crippen LogP contribution in [0.25, 0.3) is 11.0 Å². The van der Waals surface area contributed by atoms with Crippen molar-refractivity contribution in [3.63, 3.8) is 0 Å². The minimum atomic E-state index is -0.803. The molecule has 1 N–H and O–H groups in total. The van der Waals surface area contributed by atoms with Crippen LogP contribution in [0.15, 0.2) is 48.8 Å². The average molecular weight is 281 g/mol. The molecule has 0 aliphatic carbocycles. The fraction of sp³-hybridized carbons (Fsp3) is 0.188. The van der Waals surface area contributed by atoms with E-state index >= 15 is 0 Å². The molecule has 5 heteroatoms. The van der Waals surface area contributed by atoms with Gasteiger partial charge in [-0.25, -0.2) is 4.98 Å². The van der Waals surface area contributed by atoms with Crippen molar-refractivity contribution < 1.29 is 9.90 Å². The molecule has 21 heavy (non-hydrogen) atoms. The molecular weight excluding hydrogens is 266 g/mol. The highest BCUT2D eigenvalue weighted by Crippen LogP contribution is 2.18. The highest BCUT2D eigenvalue weighted by molar-refractivity contribution is 5.76. The second kappa shape index (κ2) is 5.75. The van der Waals surface area contributed by atoms with Gasteiger partial charge in [-0.2, -0.15) is 0 Å². The molecule has 0 saturated carbocycles. The fourth-order valence-electron chi connectivity index (χ4n) is 2.40. The zero-order chi connectivity index (χ0) is 14.7. The summed E-state index contributed by atoms with van der Waals surface area (Å²) in [6.45, 7) is 0.427. The molecule has 0 saturated heterocycles. The summed E-state index contributed by atoms with van der Waals surface area (Å²) in [6, 6.07) is 11.7. The van der Waals surface area contributed by atoms with E-state index in [1.807, 2.05) is 41.0 Å². The number of aryl methyl sites for hydroxylation is 1. The van der Waals surface area contributed by atoms with Crippen LogP contribution in [0.3, 0.4) is 0 Å². The number of hydrogen-bond acceptors (Lipinski definition) is 3. The van der Waals surface area contributed by atoms with Gasteiger partial charge in [0.1, 0.15) is 5.82 Å². The minimum absolute atomic E-state index is 0.0870. The molecular formula is C16H15N3O2. The number of carboxylic acid groups (broad SMARTS) is 1. The summed E-state index contributed by atoms with van der Waals surface area (Å²) >= 11 is 0. The zero-order valence-electron chi connectivity index (χ0n) is 11.4. The summed E-state index contributed by atoms with van der Waals surface area (Å²) in [4.78, 5) is 19.5. The Morgan fingerprint density at radius 2 is 1.90 bits per heavy atom. The van der Waals surface area contributed by atoms with Crippen LogP contribution in [-0.2, 0) is 17.8 Å². The largest absolute Gasteiger partial charge is 0.481 e. The van der Waals surface area contributed by atoms with Crippen molar-refractivity contribution in [1.29, 1.82) is 0 Å². The predicted octanol–water partition coefficient (Wildman–Crippen LogP) is 2.50. The first-order valence-corrected chi connectivity index (χ1v) is 6.79. The lowest BCUT2D eigenvalue weighted by Gasteiger charge is -2.07. The van der Waals surface area contributed by atoms with Gasteiger partial charge in [0.25, 0.3) is 0 Å². The van der Waals surface area contributed by atoms with Crippen molar-refractivity contribution in [3.05, 3.63) is 60.2 Å². The lowest BCUT2D eigenvalue weighted by atomic mass is 10.2. The Morgan fingerprint density at radius 1 is 1.14 bits per heavy atom. The maximum absolute atomic E-state index is 10.9. The van der Waals surface area contributed by atoms with Gasteiger partial charge in [-0.15, -0.1) is 0 Å². The van der Waals surface area contributed by atoms with Gasteiger partial charge < -0.3 is 9.67 Å². The molecule has 0 radical (unpaired) electrons. The topological polar surface area (TPSA) is 68.0 Å². The Morgan fingerprint density at radius 3 is 2.67 bits per heavy atom. The first-order valence-electron chi connectivity index (χ1n) is 6.79. The number of fused-ring (bicyclic) bond motifs is 1. The van der Waals surface area contributed by atoms with Gasteiger partial charge in [0.2, 0.25) is 0 Å². The summed E-state index contributed by atoms with van der Waals surface area (Å²) < 4.78 is 1.99. The van der Waals surface area contributed by atoms with E-state index in [9.17, 15) is 4.79 Å². The van der Waals surface area contributed by atoms with Crippen LogP contribution in [0.1, 0.15) is 17.8 Å². The molecule has 0 spiro atoms. The first-order chi connectivity index (χ1) is 10.2. The normalized spacial score (nSPS) is 10.9. The van der Waals surface area contributed by atoms with Gasteiger partial charge in [-0.1, -0.05) is 12.1 Å². The van der Waals surface area contributed by atoms with Gasteiger partial charge in [-0.05, 0) is 29.8 Å². The zero-order valence-corrected chi connectivity index (χ0v) is 11.4. The van der Waals surface area contributed by atoms with E-state index in [-0.39, 0.29) is 6.42 Å². The van der Waals surface area contributed by atoms with Crippen LogP contribution in [0.2, 0.25) is 0 Å². The van der Waals surface area contributed by atoms with Gasteiger partial charge in [-0.3, -0.25) is 9.78 Å². The Labute approximate surface area is 121 Å². The van der Waals surface area contributed by atoms with E-state index in [0.717, 1.165) is 22.4 Å². The summed E-state index contributed by atoms with van der Waals surface area (Å²) in [5.74, 6) is 0.0753. The highest BCUT2D eigenvalue weighted by atomic mass is 16.4. The molecule has 0 unspecified atom stereocenters. The van der Waals surface area contributed by atoms with E-state index in [4.69, 9.17) is 5.11 Å². The lowest BCUT2D eigenvalue weighted by Crippen LogP contribution is -2.08. The number of hydrogen-bond donors (Lipinski definition) is 1. The lowest BCUT2D eigenvalue weighted by molar-refractivity contribution is -0.137. The summed E-state index contributed by atoms with van der Waals surface area (Å²) in [5, 5.41) is 8.92. The number of imidazole rings is 1. The minimum Gasteiger partial charge on any atom is -0.481 e. The van der Waals surface area contributed by atoms with Crippen molar-refractivity contribution in [2.24, 2.45) is 0 Å². The van der Waals surface area contributed by atoms with Crippen molar-refractivity contribution in [3.8, 4) is 0 Å². The number of rotatable bonds is 5. The van der Waals surface area contributed by atoms with Crippen LogP contribution < -0.4 is 0 Å². The van der Waals surface area contributed by atoms with Crippen molar-refractivity contribution in [2.75, 3.05) is 0 Å². The molecule has 2 heterocycles. The van der Waals surface area contributed by atoms with E-state index < -0.39 is 5.97 Å². The van der Waals surface area contributed by atoms with Crippen LogP contribution in [0.4, 0.5) is 0 Å². The van der Waals surface area contributed by atoms with Crippen LogP contribution in [0, 0.1) is 0 Å². The Bertz CT molecular complexity index is 766. The van der Waals surface area contributed by atoms with Crippen LogP contribution >= 0.6 is 0 Å². The molecule has 0 atom stereocenters. The standard InChI is InChI=1S/C16H15N3O2/c20-16(21)7-10-19-14-4-2-1-3-13(14)18-15(19)11-12-5-8-17-9-6-12/h1-6,8-9H,7,10-11H2,(H,20,21). The van der Waals surface area contributed by atoms with Crippen LogP contribution in [0.5, 0.6) is 0 Å². The molecule has 0 aliphatic heterocycles. The Kier molecular flexibility index (Phi) is 3.64. The average Bonchev–Trinajstić information content (AvgIpc) is 2.83. The smallest absolute Gasteiger partial charge is 0.305 e. The SMILES string of the molecule is O=C(O)CCn1c(Cc2ccncc2)nc2ccccc21. The molecule has 5 nitrogen and oxygen atoms in total. The first kappa shape index (κ1) is 13.3. The van der Waals surface area contributed by atoms with Gasteiger partial charge in [0, 0.05) is 25.4 Å². The van der Waals surface area contributed by atoms with Crippen molar-refractivity contribution in [1.82, 2.24) is 14.5 Å². The molecule has 3 aromatic rings. The second-order valence-electron chi connectivity index (χ2n) is 4.84. The molecule has 106 valence electrons. The maximum Gasteiger partial charge on any atom is 0.305 e. The number of carboxylic acids is 1. The van der Waals surface area contributed by atoms with E-state index in [1.165, 1.54) is 0 Å². The second-order valence-corrected chi connectivity index (χ2v) is 4.84. The molecule has 0 amide bonds. The maximum atomic E-state index is 10.9. The monoisotopic (exact) mass is 281 g/mol. The third kappa shape index (κ3) is 2.91. The summed E-state index contributed by atoms with van der Waals surface area (Å²) in [7, 11) is 0. The highest BCUT2D eigenvalue weighted by Gasteiger charge is 2.12. The van der Waals surface area contributed by atoms with Gasteiger partial charge in [0.15, 0.2) is 0 Å². The molecule has 1 aromatic carbocycles.